The van der Waals surface area contributed by atoms with Crippen molar-refractivity contribution in [3.63, 3.8) is 0 Å². The highest BCUT2D eigenvalue weighted by molar-refractivity contribution is 14.0. The van der Waals surface area contributed by atoms with Crippen LogP contribution in [0.15, 0.2) is 35.3 Å². The van der Waals surface area contributed by atoms with Crippen molar-refractivity contribution in [2.24, 2.45) is 10.7 Å². The first-order chi connectivity index (χ1) is 9.74. The third-order valence-electron chi connectivity index (χ3n) is 3.56. The lowest BCUT2D eigenvalue weighted by atomic mass is 9.96. The van der Waals surface area contributed by atoms with Gasteiger partial charge in [0.2, 0.25) is 0 Å². The van der Waals surface area contributed by atoms with Crippen LogP contribution in [0.25, 0.3) is 0 Å². The van der Waals surface area contributed by atoms with Gasteiger partial charge in [-0.25, -0.2) is 4.99 Å². The van der Waals surface area contributed by atoms with Crippen molar-refractivity contribution < 1.29 is 4.74 Å². The molecule has 2 rings (SSSR count). The highest BCUT2D eigenvalue weighted by Gasteiger charge is 2.13. The molecule has 3 N–H and O–H groups in total. The largest absolute Gasteiger partial charge is 0.489 e. The van der Waals surface area contributed by atoms with E-state index in [0.29, 0.717) is 18.5 Å². The Morgan fingerprint density at radius 3 is 2.62 bits per heavy atom. The molecule has 4 nitrogen and oxygen atoms in total. The van der Waals surface area contributed by atoms with Crippen molar-refractivity contribution in [2.75, 3.05) is 6.54 Å². The Balaban J connectivity index is 0.00000220. The zero-order valence-corrected chi connectivity index (χ0v) is 15.0. The molecular weight excluding hydrogens is 377 g/mol. The number of halogens is 1. The minimum atomic E-state index is 0. The summed E-state index contributed by atoms with van der Waals surface area (Å²) in [4.78, 5) is 4.37. The predicted molar refractivity (Wildman–Crippen MR) is 98.4 cm³/mol. The molecule has 1 saturated carbocycles. The van der Waals surface area contributed by atoms with E-state index in [0.717, 1.165) is 5.75 Å². The van der Waals surface area contributed by atoms with E-state index in [1.54, 1.807) is 0 Å². The van der Waals surface area contributed by atoms with E-state index in [1.807, 2.05) is 37.3 Å². The molecule has 0 aromatic heterocycles. The number of nitrogens with two attached hydrogens (primary N) is 1. The number of aliphatic imine (C=N–C) groups is 1. The monoisotopic (exact) mass is 403 g/mol. The van der Waals surface area contributed by atoms with Crippen LogP contribution in [0.2, 0.25) is 0 Å². The SMILES string of the molecule is CC(CN=C(N)NC1CCCCC1)Oc1ccccc1.I. The minimum absolute atomic E-state index is 0. The molecule has 1 aliphatic rings. The van der Waals surface area contributed by atoms with E-state index in [-0.39, 0.29) is 30.1 Å². The topological polar surface area (TPSA) is 59.6 Å². The van der Waals surface area contributed by atoms with Crippen molar-refractivity contribution in [1.29, 1.82) is 0 Å². The molecule has 1 atom stereocenters. The smallest absolute Gasteiger partial charge is 0.188 e. The van der Waals surface area contributed by atoms with Crippen LogP contribution in [-0.4, -0.2) is 24.7 Å². The molecule has 1 aliphatic carbocycles. The molecule has 0 heterocycles. The average molecular weight is 403 g/mol. The van der Waals surface area contributed by atoms with Crippen LogP contribution < -0.4 is 15.8 Å². The standard InChI is InChI=1S/C16H25N3O.HI/c1-13(20-15-10-6-3-7-11-15)12-18-16(17)19-14-8-4-2-5-9-14;/h3,6-7,10-11,13-14H,2,4-5,8-9,12H2,1H3,(H3,17,18,19);1H. The fourth-order valence-corrected chi connectivity index (χ4v) is 2.50. The second-order valence-corrected chi connectivity index (χ2v) is 5.45. The molecule has 1 aromatic rings. The van der Waals surface area contributed by atoms with Crippen LogP contribution in [0, 0.1) is 0 Å². The van der Waals surface area contributed by atoms with Gasteiger partial charge in [-0.05, 0) is 31.9 Å². The normalized spacial score (nSPS) is 17.7. The summed E-state index contributed by atoms with van der Waals surface area (Å²) in [5.41, 5.74) is 5.93. The fraction of sp³-hybridized carbons (Fsp3) is 0.562. The Morgan fingerprint density at radius 2 is 1.95 bits per heavy atom. The maximum absolute atomic E-state index is 5.93. The molecule has 5 heteroatoms. The predicted octanol–water partition coefficient (Wildman–Crippen LogP) is 3.31. The maximum Gasteiger partial charge on any atom is 0.188 e. The first-order valence-corrected chi connectivity index (χ1v) is 7.52. The van der Waals surface area contributed by atoms with Crippen molar-refractivity contribution in [2.45, 2.75) is 51.2 Å². The first-order valence-electron chi connectivity index (χ1n) is 7.52. The number of nitrogens with one attached hydrogen (secondary N) is 1. The van der Waals surface area contributed by atoms with Gasteiger partial charge >= 0.3 is 0 Å². The van der Waals surface area contributed by atoms with Gasteiger partial charge in [-0.1, -0.05) is 37.5 Å². The van der Waals surface area contributed by atoms with Gasteiger partial charge in [-0.15, -0.1) is 24.0 Å². The van der Waals surface area contributed by atoms with E-state index in [2.05, 4.69) is 10.3 Å². The highest BCUT2D eigenvalue weighted by atomic mass is 127. The number of hydrogen-bond donors (Lipinski definition) is 2. The van der Waals surface area contributed by atoms with Crippen molar-refractivity contribution >= 4 is 29.9 Å². The molecule has 1 fully saturated rings. The van der Waals surface area contributed by atoms with Gasteiger partial charge in [0.25, 0.3) is 0 Å². The number of guanidine groups is 1. The highest BCUT2D eigenvalue weighted by Crippen LogP contribution is 2.17. The maximum atomic E-state index is 5.93. The summed E-state index contributed by atoms with van der Waals surface area (Å²) in [5.74, 6) is 1.41. The van der Waals surface area contributed by atoms with Crippen molar-refractivity contribution in [3.8, 4) is 5.75 Å². The van der Waals surface area contributed by atoms with Gasteiger partial charge in [-0.3, -0.25) is 0 Å². The molecule has 0 amide bonds. The first kappa shape index (κ1) is 18.1. The zero-order valence-electron chi connectivity index (χ0n) is 12.6. The summed E-state index contributed by atoms with van der Waals surface area (Å²) >= 11 is 0. The van der Waals surface area contributed by atoms with Gasteiger partial charge in [0.15, 0.2) is 5.96 Å². The number of benzene rings is 1. The average Bonchev–Trinajstić information content (AvgIpc) is 2.47. The van der Waals surface area contributed by atoms with E-state index < -0.39 is 0 Å². The van der Waals surface area contributed by atoms with Gasteiger partial charge in [0, 0.05) is 6.04 Å². The summed E-state index contributed by atoms with van der Waals surface area (Å²) < 4.78 is 5.76. The molecular formula is C16H26IN3O. The van der Waals surface area contributed by atoms with Crippen molar-refractivity contribution in [3.05, 3.63) is 30.3 Å². The molecule has 0 saturated heterocycles. The van der Waals surface area contributed by atoms with E-state index in [1.165, 1.54) is 32.1 Å². The van der Waals surface area contributed by atoms with Gasteiger partial charge < -0.3 is 15.8 Å². The number of para-hydroxylation sites is 1. The summed E-state index contributed by atoms with van der Waals surface area (Å²) in [5, 5.41) is 3.31. The van der Waals surface area contributed by atoms with Crippen LogP contribution in [0.3, 0.4) is 0 Å². The van der Waals surface area contributed by atoms with Crippen LogP contribution in [0.1, 0.15) is 39.0 Å². The molecule has 0 aliphatic heterocycles. The molecule has 0 radical (unpaired) electrons. The quantitative estimate of drug-likeness (QED) is 0.451. The van der Waals surface area contributed by atoms with Gasteiger partial charge in [0.1, 0.15) is 11.9 Å². The third-order valence-corrected chi connectivity index (χ3v) is 3.56. The van der Waals surface area contributed by atoms with E-state index in [4.69, 9.17) is 10.5 Å². The fourth-order valence-electron chi connectivity index (χ4n) is 2.50. The Hall–Kier alpha value is -0.980. The van der Waals surface area contributed by atoms with Gasteiger partial charge in [-0.2, -0.15) is 0 Å². The summed E-state index contributed by atoms with van der Waals surface area (Å²) in [7, 11) is 0. The minimum Gasteiger partial charge on any atom is -0.489 e. The Bertz CT molecular complexity index is 419. The van der Waals surface area contributed by atoms with Crippen LogP contribution in [0.5, 0.6) is 5.75 Å². The zero-order chi connectivity index (χ0) is 14.2. The number of ether oxygens (including phenoxy) is 1. The van der Waals surface area contributed by atoms with Gasteiger partial charge in [0.05, 0.1) is 6.54 Å². The summed E-state index contributed by atoms with van der Waals surface area (Å²) in [6.07, 6.45) is 6.34. The molecule has 0 bridgehead atoms. The second-order valence-electron chi connectivity index (χ2n) is 5.45. The lowest BCUT2D eigenvalue weighted by Crippen LogP contribution is -2.41. The lowest BCUT2D eigenvalue weighted by molar-refractivity contribution is 0.230. The number of nitrogens with zero attached hydrogens (tertiary/aromatic N) is 1. The molecule has 1 aromatic carbocycles. The summed E-state index contributed by atoms with van der Waals surface area (Å²) in [6.45, 7) is 2.57. The Morgan fingerprint density at radius 1 is 1.29 bits per heavy atom. The van der Waals surface area contributed by atoms with E-state index >= 15 is 0 Å². The number of hydrogen-bond acceptors (Lipinski definition) is 2. The lowest BCUT2D eigenvalue weighted by Gasteiger charge is -2.23. The Kier molecular flexibility index (Phi) is 8.49. The summed E-state index contributed by atoms with van der Waals surface area (Å²) in [6, 6.07) is 10.3. The molecule has 1 unspecified atom stereocenters. The van der Waals surface area contributed by atoms with Crippen LogP contribution in [-0.2, 0) is 0 Å². The number of rotatable bonds is 5. The molecule has 21 heavy (non-hydrogen) atoms. The van der Waals surface area contributed by atoms with E-state index in [9.17, 15) is 0 Å². The van der Waals surface area contributed by atoms with Crippen molar-refractivity contribution in [1.82, 2.24) is 5.32 Å². The second kappa shape index (κ2) is 9.87. The molecule has 118 valence electrons. The van der Waals surface area contributed by atoms with Crippen LogP contribution >= 0.6 is 24.0 Å². The molecule has 0 spiro atoms. The van der Waals surface area contributed by atoms with Crippen LogP contribution in [0.4, 0.5) is 0 Å². The Labute approximate surface area is 144 Å². The third kappa shape index (κ3) is 7.02.